The van der Waals surface area contributed by atoms with Crippen LogP contribution in [0.4, 0.5) is 4.79 Å². The van der Waals surface area contributed by atoms with Crippen molar-refractivity contribution in [2.24, 2.45) is 0 Å². The summed E-state index contributed by atoms with van der Waals surface area (Å²) in [7, 11) is 2.12. The maximum atomic E-state index is 11.8. The highest BCUT2D eigenvalue weighted by atomic mass is 16.4. The van der Waals surface area contributed by atoms with E-state index in [1.54, 1.807) is 0 Å². The Morgan fingerprint density at radius 1 is 1.24 bits per heavy atom. The number of aliphatic carboxylic acids is 1. The molecule has 0 aromatic rings. The number of carbonyl (C=O) groups excluding carboxylic acids is 1. The van der Waals surface area contributed by atoms with Crippen LogP contribution in [0.5, 0.6) is 0 Å². The Kier molecular flexibility index (Phi) is 8.12. The van der Waals surface area contributed by atoms with E-state index in [1.807, 2.05) is 0 Å². The van der Waals surface area contributed by atoms with E-state index in [9.17, 15) is 9.59 Å². The van der Waals surface area contributed by atoms with E-state index in [0.29, 0.717) is 12.6 Å². The first-order valence-electron chi connectivity index (χ1n) is 7.95. The lowest BCUT2D eigenvalue weighted by atomic mass is 9.99. The molecule has 0 spiro atoms. The molecule has 1 saturated heterocycles. The van der Waals surface area contributed by atoms with E-state index in [0.717, 1.165) is 45.1 Å². The van der Waals surface area contributed by atoms with Crippen LogP contribution < -0.4 is 10.6 Å². The van der Waals surface area contributed by atoms with Gasteiger partial charge in [0.25, 0.3) is 0 Å². The first-order valence-corrected chi connectivity index (χ1v) is 7.95. The van der Waals surface area contributed by atoms with Crippen molar-refractivity contribution < 1.29 is 14.7 Å². The number of likely N-dealkylation sites (tertiary alicyclic amines) is 1. The summed E-state index contributed by atoms with van der Waals surface area (Å²) in [5.74, 6) is -0.736. The minimum Gasteiger partial charge on any atom is -0.481 e. The summed E-state index contributed by atoms with van der Waals surface area (Å²) in [6.07, 6.45) is 5.72. The van der Waals surface area contributed by atoms with Crippen molar-refractivity contribution >= 4 is 12.0 Å². The second-order valence-corrected chi connectivity index (χ2v) is 6.01. The molecule has 6 nitrogen and oxygen atoms in total. The quantitative estimate of drug-likeness (QED) is 0.597. The smallest absolute Gasteiger partial charge is 0.315 e. The number of nitrogens with one attached hydrogen (secondary N) is 2. The Balaban J connectivity index is 2.00. The molecular formula is C15H29N3O3. The number of rotatable bonds is 8. The summed E-state index contributed by atoms with van der Waals surface area (Å²) in [4.78, 5) is 24.4. The molecule has 0 aliphatic carbocycles. The molecule has 0 saturated carbocycles. The molecule has 2 unspecified atom stereocenters. The Hall–Kier alpha value is -1.30. The highest BCUT2D eigenvalue weighted by molar-refractivity contribution is 5.74. The second kappa shape index (κ2) is 9.60. The van der Waals surface area contributed by atoms with Gasteiger partial charge < -0.3 is 20.6 Å². The van der Waals surface area contributed by atoms with Crippen LogP contribution in [0.15, 0.2) is 0 Å². The van der Waals surface area contributed by atoms with Gasteiger partial charge in [-0.15, -0.1) is 0 Å². The van der Waals surface area contributed by atoms with Crippen molar-refractivity contribution in [3.05, 3.63) is 0 Å². The normalized spacial score (nSPS) is 22.8. The number of piperidine rings is 1. The highest BCUT2D eigenvalue weighted by Gasteiger charge is 2.23. The molecule has 0 aromatic heterocycles. The van der Waals surface area contributed by atoms with Gasteiger partial charge in [0.2, 0.25) is 0 Å². The Morgan fingerprint density at radius 2 is 1.95 bits per heavy atom. The number of carboxylic acids is 1. The fourth-order valence-electron chi connectivity index (χ4n) is 2.61. The van der Waals surface area contributed by atoms with Gasteiger partial charge in [0, 0.05) is 31.6 Å². The van der Waals surface area contributed by atoms with Gasteiger partial charge in [-0.1, -0.05) is 12.8 Å². The molecule has 1 rings (SSSR count). The SMILES string of the molecule is CC1CC(NC(=O)NCCCCCCC(=O)O)CCN1C. The predicted molar refractivity (Wildman–Crippen MR) is 82.4 cm³/mol. The largest absolute Gasteiger partial charge is 0.481 e. The Morgan fingerprint density at radius 3 is 2.62 bits per heavy atom. The summed E-state index contributed by atoms with van der Waals surface area (Å²) in [6.45, 7) is 3.86. The van der Waals surface area contributed by atoms with Crippen molar-refractivity contribution in [3.63, 3.8) is 0 Å². The molecule has 122 valence electrons. The van der Waals surface area contributed by atoms with E-state index in [2.05, 4.69) is 29.5 Å². The number of carboxylic acid groups (broad SMARTS) is 1. The Labute approximate surface area is 127 Å². The van der Waals surface area contributed by atoms with Crippen molar-refractivity contribution in [2.75, 3.05) is 20.1 Å². The fourth-order valence-corrected chi connectivity index (χ4v) is 2.61. The topological polar surface area (TPSA) is 81.7 Å². The van der Waals surface area contributed by atoms with Gasteiger partial charge >= 0.3 is 12.0 Å². The first kappa shape index (κ1) is 17.8. The molecule has 0 radical (unpaired) electrons. The van der Waals surface area contributed by atoms with Crippen LogP contribution in [0.25, 0.3) is 0 Å². The zero-order valence-corrected chi connectivity index (χ0v) is 13.2. The minimum absolute atomic E-state index is 0.0812. The highest BCUT2D eigenvalue weighted by Crippen LogP contribution is 2.14. The molecule has 0 aromatic carbocycles. The van der Waals surface area contributed by atoms with Crippen LogP contribution in [-0.2, 0) is 4.79 Å². The van der Waals surface area contributed by atoms with E-state index in [1.165, 1.54) is 0 Å². The van der Waals surface area contributed by atoms with E-state index in [4.69, 9.17) is 5.11 Å². The third-order valence-electron chi connectivity index (χ3n) is 4.15. The van der Waals surface area contributed by atoms with Gasteiger partial charge in [0.15, 0.2) is 0 Å². The molecule has 21 heavy (non-hydrogen) atoms. The zero-order chi connectivity index (χ0) is 15.7. The van der Waals surface area contributed by atoms with Gasteiger partial charge in [-0.3, -0.25) is 4.79 Å². The fraction of sp³-hybridized carbons (Fsp3) is 0.867. The van der Waals surface area contributed by atoms with Crippen LogP contribution in [0, 0.1) is 0 Å². The van der Waals surface area contributed by atoms with Crippen molar-refractivity contribution in [2.45, 2.75) is 64.0 Å². The van der Waals surface area contributed by atoms with E-state index in [-0.39, 0.29) is 18.5 Å². The molecule has 3 N–H and O–H groups in total. The minimum atomic E-state index is -0.736. The lowest BCUT2D eigenvalue weighted by Gasteiger charge is -2.35. The second-order valence-electron chi connectivity index (χ2n) is 6.01. The van der Waals surface area contributed by atoms with Crippen LogP contribution in [0.1, 0.15) is 51.9 Å². The molecule has 1 aliphatic heterocycles. The molecule has 2 atom stereocenters. The van der Waals surface area contributed by atoms with Crippen molar-refractivity contribution in [1.29, 1.82) is 0 Å². The summed E-state index contributed by atoms with van der Waals surface area (Å²) in [6, 6.07) is 0.701. The third-order valence-corrected chi connectivity index (χ3v) is 4.15. The average Bonchev–Trinajstić information content (AvgIpc) is 2.41. The predicted octanol–water partition coefficient (Wildman–Crippen LogP) is 1.80. The molecule has 1 fully saturated rings. The standard InChI is InChI=1S/C15H29N3O3/c1-12-11-13(8-10-18(12)2)17-15(21)16-9-6-4-3-5-7-14(19)20/h12-13H,3-11H2,1-2H3,(H,19,20)(H2,16,17,21). The number of unbranched alkanes of at least 4 members (excludes halogenated alkanes) is 3. The van der Waals surface area contributed by atoms with E-state index < -0.39 is 5.97 Å². The summed E-state index contributed by atoms with van der Waals surface area (Å²) < 4.78 is 0. The van der Waals surface area contributed by atoms with Crippen molar-refractivity contribution in [1.82, 2.24) is 15.5 Å². The van der Waals surface area contributed by atoms with Crippen molar-refractivity contribution in [3.8, 4) is 0 Å². The van der Waals surface area contributed by atoms with Gasteiger partial charge in [0.05, 0.1) is 0 Å². The lowest BCUT2D eigenvalue weighted by Crippen LogP contribution is -2.50. The summed E-state index contributed by atoms with van der Waals surface area (Å²) in [5.41, 5.74) is 0. The van der Waals surface area contributed by atoms with Crippen LogP contribution >= 0.6 is 0 Å². The first-order chi connectivity index (χ1) is 9.99. The number of urea groups is 1. The molecule has 1 aliphatic rings. The summed E-state index contributed by atoms with van der Waals surface area (Å²) >= 11 is 0. The summed E-state index contributed by atoms with van der Waals surface area (Å²) in [5, 5.41) is 14.4. The van der Waals surface area contributed by atoms with Gasteiger partial charge in [0.1, 0.15) is 0 Å². The van der Waals surface area contributed by atoms with Gasteiger partial charge in [-0.2, -0.15) is 0 Å². The lowest BCUT2D eigenvalue weighted by molar-refractivity contribution is -0.137. The maximum Gasteiger partial charge on any atom is 0.315 e. The molecule has 6 heteroatoms. The average molecular weight is 299 g/mol. The number of amides is 2. The van der Waals surface area contributed by atoms with Gasteiger partial charge in [-0.05, 0) is 39.7 Å². The molecule has 1 heterocycles. The van der Waals surface area contributed by atoms with Crippen LogP contribution in [-0.4, -0.2) is 54.2 Å². The number of nitrogens with zero attached hydrogens (tertiary/aromatic N) is 1. The number of carbonyl (C=O) groups is 2. The molecular weight excluding hydrogens is 270 g/mol. The zero-order valence-electron chi connectivity index (χ0n) is 13.2. The number of hydrogen-bond acceptors (Lipinski definition) is 3. The monoisotopic (exact) mass is 299 g/mol. The third kappa shape index (κ3) is 7.90. The Bertz CT molecular complexity index is 336. The van der Waals surface area contributed by atoms with Crippen LogP contribution in [0.2, 0.25) is 0 Å². The van der Waals surface area contributed by atoms with E-state index >= 15 is 0 Å². The maximum absolute atomic E-state index is 11.8. The van der Waals surface area contributed by atoms with Gasteiger partial charge in [-0.25, -0.2) is 4.79 Å². The number of hydrogen-bond donors (Lipinski definition) is 3. The molecule has 2 amide bonds. The molecule has 0 bridgehead atoms. The van der Waals surface area contributed by atoms with Crippen LogP contribution in [0.3, 0.4) is 0 Å².